The second-order valence-electron chi connectivity index (χ2n) is 8.99. The number of pyridine rings is 1. The van der Waals surface area contributed by atoms with E-state index in [1.807, 2.05) is 47.3 Å². The van der Waals surface area contributed by atoms with E-state index in [1.165, 1.54) is 0 Å². The van der Waals surface area contributed by atoms with Crippen LogP contribution in [0.1, 0.15) is 41.6 Å². The molecule has 4 aromatic rings. The van der Waals surface area contributed by atoms with Crippen LogP contribution in [0.25, 0.3) is 10.9 Å². The number of amides is 1. The third kappa shape index (κ3) is 5.09. The van der Waals surface area contributed by atoms with Gasteiger partial charge in [-0.2, -0.15) is 5.10 Å². The van der Waals surface area contributed by atoms with Crippen LogP contribution in [0.2, 0.25) is 0 Å². The number of hydrogen-bond donors (Lipinski definition) is 4. The summed E-state index contributed by atoms with van der Waals surface area (Å²) >= 11 is 0. The summed E-state index contributed by atoms with van der Waals surface area (Å²) in [7, 11) is 0. The molecular weight excluding hydrogens is 445 g/mol. The van der Waals surface area contributed by atoms with E-state index in [0.29, 0.717) is 12.2 Å². The second kappa shape index (κ2) is 9.71. The van der Waals surface area contributed by atoms with Crippen LogP contribution in [0.5, 0.6) is 0 Å². The number of carbonyl (C=O) groups excluding carboxylic acids is 1. The molecule has 0 spiro atoms. The molecule has 9 heteroatoms. The van der Waals surface area contributed by atoms with E-state index in [-0.39, 0.29) is 29.3 Å². The fraction of sp³-hybridized carbons (Fsp3) is 0.269. The van der Waals surface area contributed by atoms with Crippen LogP contribution in [-0.4, -0.2) is 32.8 Å². The topological polar surface area (TPSA) is 124 Å². The molecule has 1 aliphatic rings. The first-order valence-corrected chi connectivity index (χ1v) is 11.8. The number of anilines is 3. The number of nitrogens with zero attached hydrogens (tertiary/aromatic N) is 3. The van der Waals surface area contributed by atoms with Crippen LogP contribution in [0.4, 0.5) is 21.7 Å². The molecule has 0 aliphatic heterocycles. The lowest BCUT2D eigenvalue weighted by Crippen LogP contribution is -2.43. The highest BCUT2D eigenvalue weighted by Crippen LogP contribution is 2.28. The minimum Gasteiger partial charge on any atom is -0.365 e. The molecule has 1 fully saturated rings. The van der Waals surface area contributed by atoms with Gasteiger partial charge in [0.1, 0.15) is 5.82 Å². The summed E-state index contributed by atoms with van der Waals surface area (Å²) in [5.74, 6) is -1.17. The molecule has 0 bridgehead atoms. The standard InChI is InChI=1S/C26H28FN7O/c27-20-13-19(24(29)35)25(32-26(20)31-23-9-5-4-8-21(23)28)30-18-10-11-22-17(12-18)15-34(33-22)14-16-6-2-1-3-7-16/h1-3,6-7,10-13,15,21,23H,4-5,8-9,14,28H2,(H2,29,35)(H2,30,31,32). The van der Waals surface area contributed by atoms with Gasteiger partial charge in [0.15, 0.2) is 11.6 Å². The Kier molecular flexibility index (Phi) is 6.33. The zero-order chi connectivity index (χ0) is 24.4. The molecule has 2 heterocycles. The van der Waals surface area contributed by atoms with E-state index in [0.717, 1.165) is 48.2 Å². The maximum atomic E-state index is 14.8. The Hall–Kier alpha value is -3.98. The number of halogens is 1. The first-order chi connectivity index (χ1) is 17.0. The molecule has 35 heavy (non-hydrogen) atoms. The summed E-state index contributed by atoms with van der Waals surface area (Å²) in [5.41, 5.74) is 14.4. The third-order valence-electron chi connectivity index (χ3n) is 6.38. The van der Waals surface area contributed by atoms with E-state index >= 15 is 0 Å². The fourth-order valence-corrected chi connectivity index (χ4v) is 4.53. The number of primary amides is 1. The lowest BCUT2D eigenvalue weighted by molar-refractivity contribution is 0.100. The van der Waals surface area contributed by atoms with Crippen LogP contribution in [0.3, 0.4) is 0 Å². The van der Waals surface area contributed by atoms with E-state index in [4.69, 9.17) is 11.5 Å². The molecule has 2 atom stereocenters. The van der Waals surface area contributed by atoms with Crippen LogP contribution >= 0.6 is 0 Å². The van der Waals surface area contributed by atoms with Gasteiger partial charge in [-0.15, -0.1) is 0 Å². The van der Waals surface area contributed by atoms with Gasteiger partial charge in [-0.05, 0) is 42.7 Å². The average Bonchev–Trinajstić information content (AvgIpc) is 3.24. The number of rotatable bonds is 7. The molecule has 2 unspecified atom stereocenters. The van der Waals surface area contributed by atoms with E-state index < -0.39 is 11.7 Å². The zero-order valence-electron chi connectivity index (χ0n) is 19.2. The van der Waals surface area contributed by atoms with Gasteiger partial charge in [-0.3, -0.25) is 9.48 Å². The van der Waals surface area contributed by atoms with Crippen molar-refractivity contribution in [3.8, 4) is 0 Å². The second-order valence-corrected chi connectivity index (χ2v) is 8.99. The van der Waals surface area contributed by atoms with Crippen molar-refractivity contribution in [2.24, 2.45) is 11.5 Å². The van der Waals surface area contributed by atoms with Gasteiger partial charge in [0, 0.05) is 29.4 Å². The van der Waals surface area contributed by atoms with Crippen molar-refractivity contribution < 1.29 is 9.18 Å². The van der Waals surface area contributed by atoms with E-state index in [1.54, 1.807) is 0 Å². The number of carbonyl (C=O) groups is 1. The van der Waals surface area contributed by atoms with Gasteiger partial charge in [0.2, 0.25) is 0 Å². The summed E-state index contributed by atoms with van der Waals surface area (Å²) < 4.78 is 16.7. The van der Waals surface area contributed by atoms with Crippen LogP contribution in [0, 0.1) is 5.82 Å². The summed E-state index contributed by atoms with van der Waals surface area (Å²) in [6.07, 6.45) is 5.76. The largest absolute Gasteiger partial charge is 0.365 e. The van der Waals surface area contributed by atoms with Crippen molar-refractivity contribution in [3.63, 3.8) is 0 Å². The number of aromatic nitrogens is 3. The minimum atomic E-state index is -0.767. The zero-order valence-corrected chi connectivity index (χ0v) is 19.2. The highest BCUT2D eigenvalue weighted by molar-refractivity contribution is 5.99. The van der Waals surface area contributed by atoms with Crippen molar-refractivity contribution in [2.75, 3.05) is 10.6 Å². The Labute approximate surface area is 202 Å². The summed E-state index contributed by atoms with van der Waals surface area (Å²) in [6, 6.07) is 16.7. The van der Waals surface area contributed by atoms with E-state index in [2.05, 4.69) is 32.8 Å². The quantitative estimate of drug-likeness (QED) is 0.320. The SMILES string of the molecule is NC(=O)c1cc(F)c(NC2CCCCC2N)nc1Nc1ccc2nn(Cc3ccccc3)cc2c1. The van der Waals surface area contributed by atoms with E-state index in [9.17, 15) is 9.18 Å². The Morgan fingerprint density at radius 3 is 2.66 bits per heavy atom. The van der Waals surface area contributed by atoms with Gasteiger partial charge < -0.3 is 22.1 Å². The molecule has 5 rings (SSSR count). The Bertz CT molecular complexity index is 1350. The number of fused-ring (bicyclic) bond motifs is 1. The van der Waals surface area contributed by atoms with Crippen molar-refractivity contribution >= 4 is 34.1 Å². The van der Waals surface area contributed by atoms with Gasteiger partial charge >= 0.3 is 0 Å². The predicted molar refractivity (Wildman–Crippen MR) is 135 cm³/mol. The summed E-state index contributed by atoms with van der Waals surface area (Å²) in [5, 5.41) is 11.8. The average molecular weight is 474 g/mol. The minimum absolute atomic E-state index is 0.0270. The van der Waals surface area contributed by atoms with Gasteiger partial charge in [0.25, 0.3) is 5.91 Å². The number of nitrogens with two attached hydrogens (primary N) is 2. The third-order valence-corrected chi connectivity index (χ3v) is 6.38. The molecule has 180 valence electrons. The highest BCUT2D eigenvalue weighted by atomic mass is 19.1. The number of hydrogen-bond acceptors (Lipinski definition) is 6. The molecule has 2 aromatic heterocycles. The Balaban J connectivity index is 1.41. The Morgan fingerprint density at radius 2 is 1.89 bits per heavy atom. The first-order valence-electron chi connectivity index (χ1n) is 11.8. The van der Waals surface area contributed by atoms with Crippen molar-refractivity contribution in [1.82, 2.24) is 14.8 Å². The fourth-order valence-electron chi connectivity index (χ4n) is 4.53. The molecule has 2 aromatic carbocycles. The lowest BCUT2D eigenvalue weighted by atomic mass is 9.91. The molecule has 0 radical (unpaired) electrons. The smallest absolute Gasteiger partial charge is 0.252 e. The number of nitrogens with one attached hydrogen (secondary N) is 2. The maximum absolute atomic E-state index is 14.8. The number of benzene rings is 2. The van der Waals surface area contributed by atoms with Gasteiger partial charge in [-0.25, -0.2) is 9.37 Å². The Morgan fingerprint density at radius 1 is 1.09 bits per heavy atom. The maximum Gasteiger partial charge on any atom is 0.252 e. The molecule has 1 aliphatic carbocycles. The molecule has 6 N–H and O–H groups in total. The van der Waals surface area contributed by atoms with Crippen molar-refractivity contribution in [1.29, 1.82) is 0 Å². The highest BCUT2D eigenvalue weighted by Gasteiger charge is 2.24. The van der Waals surface area contributed by atoms with Gasteiger partial charge in [-0.1, -0.05) is 43.2 Å². The van der Waals surface area contributed by atoms with Crippen molar-refractivity contribution in [3.05, 3.63) is 77.7 Å². The van der Waals surface area contributed by atoms with Crippen LogP contribution in [-0.2, 0) is 6.54 Å². The predicted octanol–water partition coefficient (Wildman–Crippen LogP) is 4.14. The molecule has 8 nitrogen and oxygen atoms in total. The monoisotopic (exact) mass is 473 g/mol. The lowest BCUT2D eigenvalue weighted by Gasteiger charge is -2.30. The van der Waals surface area contributed by atoms with Crippen molar-refractivity contribution in [2.45, 2.75) is 44.3 Å². The van der Waals surface area contributed by atoms with Gasteiger partial charge in [0.05, 0.1) is 17.6 Å². The van der Waals surface area contributed by atoms with Crippen LogP contribution < -0.4 is 22.1 Å². The molecule has 0 saturated heterocycles. The molecule has 1 saturated carbocycles. The normalized spacial score (nSPS) is 17.9. The summed E-state index contributed by atoms with van der Waals surface area (Å²) in [6.45, 7) is 0.655. The molecular formula is C26H28FN7O. The summed E-state index contributed by atoms with van der Waals surface area (Å²) in [4.78, 5) is 16.4. The molecule has 1 amide bonds. The first kappa shape index (κ1) is 22.8. The van der Waals surface area contributed by atoms with Crippen LogP contribution in [0.15, 0.2) is 60.8 Å².